The molecular weight excluding hydrogens is 416 g/mol. The molecule has 0 aliphatic rings. The van der Waals surface area contributed by atoms with Gasteiger partial charge in [-0.15, -0.1) is 0 Å². The predicted octanol–water partition coefficient (Wildman–Crippen LogP) is 3.25. The molecular formula is C20H25ClN2O5S. The van der Waals surface area contributed by atoms with Crippen LogP contribution in [0.4, 0.5) is 0 Å². The molecule has 0 aliphatic carbocycles. The summed E-state index contributed by atoms with van der Waals surface area (Å²) in [5.74, 6) is 0.722. The molecule has 0 bridgehead atoms. The summed E-state index contributed by atoms with van der Waals surface area (Å²) in [6, 6.07) is 10.8. The molecule has 0 aliphatic heterocycles. The summed E-state index contributed by atoms with van der Waals surface area (Å²) in [6.45, 7) is 3.35. The van der Waals surface area contributed by atoms with Gasteiger partial charge >= 0.3 is 0 Å². The van der Waals surface area contributed by atoms with Crippen LogP contribution in [0, 0.1) is 0 Å². The van der Waals surface area contributed by atoms with Gasteiger partial charge in [0.1, 0.15) is 0 Å². The highest BCUT2D eigenvalue weighted by atomic mass is 35.5. The number of hydrogen-bond donors (Lipinski definition) is 1. The van der Waals surface area contributed by atoms with Crippen LogP contribution < -0.4 is 14.8 Å². The van der Waals surface area contributed by atoms with Gasteiger partial charge in [-0.1, -0.05) is 24.6 Å². The largest absolute Gasteiger partial charge is 0.493 e. The van der Waals surface area contributed by atoms with Gasteiger partial charge in [0, 0.05) is 11.6 Å². The molecule has 1 unspecified atom stereocenters. The van der Waals surface area contributed by atoms with Crippen molar-refractivity contribution in [3.63, 3.8) is 0 Å². The maximum absolute atomic E-state index is 12.8. The number of rotatable bonds is 9. The standard InChI is InChI=1S/C20H25ClN2O5S/c1-5-23(29(25,26)17-9-7-16(21)8-10-17)13-20(24)22-14(2)15-6-11-18(27-3)19(12-15)28-4/h6-12,14H,5,13H2,1-4H3,(H,22,24). The number of methoxy groups -OCH3 is 2. The number of hydrogen-bond acceptors (Lipinski definition) is 5. The monoisotopic (exact) mass is 440 g/mol. The van der Waals surface area contributed by atoms with Gasteiger partial charge in [-0.25, -0.2) is 8.42 Å². The second kappa shape index (κ2) is 9.96. The fourth-order valence-corrected chi connectivity index (χ4v) is 4.31. The maximum Gasteiger partial charge on any atom is 0.243 e. The number of carbonyl (C=O) groups excluding carboxylic acids is 1. The van der Waals surface area contributed by atoms with Crippen LogP contribution in [-0.2, 0) is 14.8 Å². The quantitative estimate of drug-likeness (QED) is 0.647. The van der Waals surface area contributed by atoms with Crippen LogP contribution in [0.1, 0.15) is 25.5 Å². The Labute approximate surface area is 176 Å². The van der Waals surface area contributed by atoms with E-state index in [0.717, 1.165) is 9.87 Å². The van der Waals surface area contributed by atoms with E-state index in [1.807, 2.05) is 13.0 Å². The summed E-state index contributed by atoms with van der Waals surface area (Å²) in [5, 5.41) is 3.26. The lowest BCUT2D eigenvalue weighted by molar-refractivity contribution is -0.121. The molecule has 2 aromatic rings. The third-order valence-electron chi connectivity index (χ3n) is 4.41. The van der Waals surface area contributed by atoms with Crippen LogP contribution >= 0.6 is 11.6 Å². The maximum atomic E-state index is 12.8. The predicted molar refractivity (Wildman–Crippen MR) is 112 cm³/mol. The zero-order valence-corrected chi connectivity index (χ0v) is 18.4. The molecule has 1 atom stereocenters. The Bertz CT molecular complexity index is 948. The number of halogens is 1. The summed E-state index contributed by atoms with van der Waals surface area (Å²) < 4.78 is 37.2. The molecule has 0 saturated carbocycles. The fourth-order valence-electron chi connectivity index (χ4n) is 2.78. The minimum Gasteiger partial charge on any atom is -0.493 e. The topological polar surface area (TPSA) is 84.9 Å². The molecule has 1 N–H and O–H groups in total. The van der Waals surface area contributed by atoms with Crippen molar-refractivity contribution in [1.82, 2.24) is 9.62 Å². The molecule has 1 amide bonds. The number of nitrogens with one attached hydrogen (secondary N) is 1. The van der Waals surface area contributed by atoms with Crippen LogP contribution in [0.3, 0.4) is 0 Å². The summed E-state index contributed by atoms with van der Waals surface area (Å²) in [7, 11) is -0.728. The minimum absolute atomic E-state index is 0.0875. The van der Waals surface area contributed by atoms with Crippen molar-refractivity contribution in [3.8, 4) is 11.5 Å². The smallest absolute Gasteiger partial charge is 0.243 e. The molecule has 0 radical (unpaired) electrons. The van der Waals surface area contributed by atoms with E-state index in [9.17, 15) is 13.2 Å². The summed E-state index contributed by atoms with van der Waals surface area (Å²) in [6.07, 6.45) is 0. The number of ether oxygens (including phenoxy) is 2. The van der Waals surface area contributed by atoms with E-state index in [1.165, 1.54) is 31.4 Å². The first kappa shape index (κ1) is 23.0. The minimum atomic E-state index is -3.81. The fraction of sp³-hybridized carbons (Fsp3) is 0.350. The highest BCUT2D eigenvalue weighted by molar-refractivity contribution is 7.89. The first-order valence-electron chi connectivity index (χ1n) is 9.00. The van der Waals surface area contributed by atoms with Crippen molar-refractivity contribution in [2.24, 2.45) is 0 Å². The molecule has 0 aromatic heterocycles. The number of nitrogens with zero attached hydrogens (tertiary/aromatic N) is 1. The molecule has 0 saturated heterocycles. The van der Waals surface area contributed by atoms with Gasteiger partial charge < -0.3 is 14.8 Å². The van der Waals surface area contributed by atoms with Gasteiger partial charge in [0.25, 0.3) is 0 Å². The van der Waals surface area contributed by atoms with Crippen molar-refractivity contribution >= 4 is 27.5 Å². The average molecular weight is 441 g/mol. The van der Waals surface area contributed by atoms with Gasteiger partial charge in [-0.2, -0.15) is 4.31 Å². The van der Waals surface area contributed by atoms with E-state index in [0.29, 0.717) is 16.5 Å². The van der Waals surface area contributed by atoms with E-state index in [-0.39, 0.29) is 24.0 Å². The summed E-state index contributed by atoms with van der Waals surface area (Å²) in [5.41, 5.74) is 0.805. The molecule has 9 heteroatoms. The van der Waals surface area contributed by atoms with Crippen LogP contribution in [0.5, 0.6) is 11.5 Å². The number of benzene rings is 2. The highest BCUT2D eigenvalue weighted by Gasteiger charge is 2.26. The van der Waals surface area contributed by atoms with Crippen LogP contribution in [-0.4, -0.2) is 45.9 Å². The molecule has 2 rings (SSSR count). The number of carbonyl (C=O) groups is 1. The second-order valence-corrected chi connectivity index (χ2v) is 8.66. The van der Waals surface area contributed by atoms with E-state index in [4.69, 9.17) is 21.1 Å². The lowest BCUT2D eigenvalue weighted by Gasteiger charge is -2.22. The SMILES string of the molecule is CCN(CC(=O)NC(C)c1ccc(OC)c(OC)c1)S(=O)(=O)c1ccc(Cl)cc1. The molecule has 29 heavy (non-hydrogen) atoms. The number of sulfonamides is 1. The third-order valence-corrected chi connectivity index (χ3v) is 6.60. The molecule has 2 aromatic carbocycles. The number of likely N-dealkylation sites (N-methyl/N-ethyl adjacent to an activating group) is 1. The average Bonchev–Trinajstić information content (AvgIpc) is 2.71. The van der Waals surface area contributed by atoms with Gasteiger partial charge in [0.2, 0.25) is 15.9 Å². The van der Waals surface area contributed by atoms with Crippen molar-refractivity contribution in [1.29, 1.82) is 0 Å². The second-order valence-electron chi connectivity index (χ2n) is 6.29. The Hall–Kier alpha value is -2.29. The van der Waals surface area contributed by atoms with E-state index in [2.05, 4.69) is 5.32 Å². The zero-order chi connectivity index (χ0) is 21.6. The Morgan fingerprint density at radius 2 is 1.72 bits per heavy atom. The molecule has 7 nitrogen and oxygen atoms in total. The summed E-state index contributed by atoms with van der Waals surface area (Å²) in [4.78, 5) is 12.6. The Morgan fingerprint density at radius 1 is 1.10 bits per heavy atom. The molecule has 0 spiro atoms. The van der Waals surface area contributed by atoms with Crippen molar-refractivity contribution < 1.29 is 22.7 Å². The Balaban J connectivity index is 2.10. The van der Waals surface area contributed by atoms with Gasteiger partial charge in [-0.05, 0) is 48.9 Å². The lowest BCUT2D eigenvalue weighted by atomic mass is 10.1. The normalized spacial score (nSPS) is 12.5. The van der Waals surface area contributed by atoms with Crippen LogP contribution in [0.15, 0.2) is 47.4 Å². The third kappa shape index (κ3) is 5.62. The van der Waals surface area contributed by atoms with Gasteiger partial charge in [-0.3, -0.25) is 4.79 Å². The lowest BCUT2D eigenvalue weighted by Crippen LogP contribution is -2.41. The van der Waals surface area contributed by atoms with E-state index >= 15 is 0 Å². The van der Waals surface area contributed by atoms with Crippen molar-refractivity contribution in [2.75, 3.05) is 27.3 Å². The van der Waals surface area contributed by atoms with Crippen molar-refractivity contribution in [3.05, 3.63) is 53.1 Å². The summed E-state index contributed by atoms with van der Waals surface area (Å²) >= 11 is 5.83. The van der Waals surface area contributed by atoms with E-state index < -0.39 is 15.9 Å². The first-order chi connectivity index (χ1) is 13.7. The molecule has 0 fully saturated rings. The highest BCUT2D eigenvalue weighted by Crippen LogP contribution is 2.29. The number of amides is 1. The first-order valence-corrected chi connectivity index (χ1v) is 10.8. The van der Waals surface area contributed by atoms with Crippen LogP contribution in [0.2, 0.25) is 5.02 Å². The zero-order valence-electron chi connectivity index (χ0n) is 16.8. The Kier molecular flexibility index (Phi) is 7.89. The van der Waals surface area contributed by atoms with Gasteiger partial charge in [0.15, 0.2) is 11.5 Å². The Morgan fingerprint density at radius 3 is 2.28 bits per heavy atom. The van der Waals surface area contributed by atoms with E-state index in [1.54, 1.807) is 26.2 Å². The van der Waals surface area contributed by atoms with Crippen molar-refractivity contribution in [2.45, 2.75) is 24.8 Å². The molecule has 0 heterocycles. The van der Waals surface area contributed by atoms with Gasteiger partial charge in [0.05, 0.1) is 31.7 Å². The molecule has 158 valence electrons. The van der Waals surface area contributed by atoms with Crippen LogP contribution in [0.25, 0.3) is 0 Å².